The van der Waals surface area contributed by atoms with Crippen LogP contribution in [0.1, 0.15) is 35.7 Å². The molecule has 4 nitrogen and oxygen atoms in total. The number of hydrogen-bond donors (Lipinski definition) is 0. The molecule has 0 bridgehead atoms. The lowest BCUT2D eigenvalue weighted by Gasteiger charge is -2.32. The van der Waals surface area contributed by atoms with Gasteiger partial charge in [0.25, 0.3) is 0 Å². The molecule has 4 rings (SSSR count). The third-order valence-electron chi connectivity index (χ3n) is 5.08. The zero-order valence-corrected chi connectivity index (χ0v) is 14.4. The Hall–Kier alpha value is -2.20. The van der Waals surface area contributed by atoms with Gasteiger partial charge in [-0.3, -0.25) is 14.6 Å². The van der Waals surface area contributed by atoms with Crippen molar-refractivity contribution in [1.29, 1.82) is 0 Å². The average Bonchev–Trinajstić information content (AvgIpc) is 2.92. The van der Waals surface area contributed by atoms with E-state index in [1.807, 2.05) is 17.9 Å². The fraction of sp³-hybridized carbons (Fsp3) is 0.400. The summed E-state index contributed by atoms with van der Waals surface area (Å²) in [5.74, 6) is 0.528. The lowest BCUT2D eigenvalue weighted by atomic mass is 9.93. The van der Waals surface area contributed by atoms with Gasteiger partial charge in [0.15, 0.2) is 0 Å². The molecule has 1 atom stereocenters. The number of piperidine rings is 1. The highest BCUT2D eigenvalue weighted by Crippen LogP contribution is 2.28. The Morgan fingerprint density at radius 3 is 2.83 bits per heavy atom. The van der Waals surface area contributed by atoms with Crippen molar-refractivity contribution in [3.63, 3.8) is 0 Å². The number of benzene rings is 1. The number of pyridine rings is 1. The molecule has 124 valence electrons. The van der Waals surface area contributed by atoms with Crippen molar-refractivity contribution >= 4 is 10.8 Å². The Morgan fingerprint density at radius 1 is 1.21 bits per heavy atom. The zero-order valence-electron chi connectivity index (χ0n) is 14.4. The van der Waals surface area contributed by atoms with Crippen LogP contribution in [0.4, 0.5) is 0 Å². The summed E-state index contributed by atoms with van der Waals surface area (Å²) in [6.07, 6.45) is 6.63. The van der Waals surface area contributed by atoms with E-state index in [4.69, 9.17) is 4.98 Å². The summed E-state index contributed by atoms with van der Waals surface area (Å²) >= 11 is 0. The van der Waals surface area contributed by atoms with Gasteiger partial charge >= 0.3 is 0 Å². The molecule has 4 heteroatoms. The van der Waals surface area contributed by atoms with E-state index in [9.17, 15) is 0 Å². The molecule has 1 unspecified atom stereocenters. The topological polar surface area (TPSA) is 34.0 Å². The Balaban J connectivity index is 1.52. The number of aromatic nitrogens is 3. The van der Waals surface area contributed by atoms with Gasteiger partial charge in [-0.25, -0.2) is 0 Å². The fourth-order valence-electron chi connectivity index (χ4n) is 3.81. The Labute approximate surface area is 143 Å². The van der Waals surface area contributed by atoms with Crippen LogP contribution in [-0.2, 0) is 13.6 Å². The van der Waals surface area contributed by atoms with Gasteiger partial charge in [0.1, 0.15) is 0 Å². The quantitative estimate of drug-likeness (QED) is 0.738. The number of aryl methyl sites for hydroxylation is 2. The fourth-order valence-corrected chi connectivity index (χ4v) is 3.81. The molecule has 0 amide bonds. The zero-order chi connectivity index (χ0) is 16.5. The van der Waals surface area contributed by atoms with Gasteiger partial charge in [0.2, 0.25) is 0 Å². The highest BCUT2D eigenvalue weighted by Gasteiger charge is 2.23. The molecule has 1 aromatic carbocycles. The summed E-state index contributed by atoms with van der Waals surface area (Å²) in [5, 5.41) is 6.98. The van der Waals surface area contributed by atoms with E-state index in [-0.39, 0.29) is 0 Å². The van der Waals surface area contributed by atoms with E-state index in [1.165, 1.54) is 41.4 Å². The van der Waals surface area contributed by atoms with Gasteiger partial charge in [0.05, 0.1) is 5.69 Å². The van der Waals surface area contributed by atoms with Gasteiger partial charge in [-0.1, -0.05) is 24.3 Å². The number of fused-ring (bicyclic) bond motifs is 1. The lowest BCUT2D eigenvalue weighted by Crippen LogP contribution is -2.34. The van der Waals surface area contributed by atoms with Crippen LogP contribution in [0.3, 0.4) is 0 Å². The molecular formula is C20H24N4. The SMILES string of the molecule is Cc1nn(C)cc1CN1CCCC(c2cc3ccccc3cn2)C1. The molecule has 1 aliphatic heterocycles. The predicted octanol–water partition coefficient (Wildman–Crippen LogP) is 3.66. The smallest absolute Gasteiger partial charge is 0.0638 e. The van der Waals surface area contributed by atoms with E-state index in [0.29, 0.717) is 5.92 Å². The van der Waals surface area contributed by atoms with Gasteiger partial charge in [0, 0.05) is 55.1 Å². The first-order valence-corrected chi connectivity index (χ1v) is 8.75. The maximum atomic E-state index is 4.75. The van der Waals surface area contributed by atoms with Gasteiger partial charge < -0.3 is 0 Å². The molecule has 2 aromatic heterocycles. The van der Waals surface area contributed by atoms with Crippen molar-refractivity contribution in [2.45, 2.75) is 32.2 Å². The van der Waals surface area contributed by atoms with Crippen molar-refractivity contribution in [3.8, 4) is 0 Å². The monoisotopic (exact) mass is 320 g/mol. The van der Waals surface area contributed by atoms with Crippen molar-refractivity contribution < 1.29 is 0 Å². The summed E-state index contributed by atoms with van der Waals surface area (Å²) in [5.41, 5.74) is 3.72. The van der Waals surface area contributed by atoms with Crippen LogP contribution < -0.4 is 0 Å². The third kappa shape index (κ3) is 3.06. The van der Waals surface area contributed by atoms with E-state index in [2.05, 4.69) is 53.5 Å². The van der Waals surface area contributed by atoms with Crippen molar-refractivity contribution in [2.24, 2.45) is 7.05 Å². The first-order chi connectivity index (χ1) is 11.7. The second kappa shape index (κ2) is 6.36. The molecule has 3 aromatic rings. The first kappa shape index (κ1) is 15.3. The molecule has 0 aliphatic carbocycles. The molecule has 0 radical (unpaired) electrons. The predicted molar refractivity (Wildman–Crippen MR) is 96.9 cm³/mol. The third-order valence-corrected chi connectivity index (χ3v) is 5.08. The van der Waals surface area contributed by atoms with Crippen LogP contribution >= 0.6 is 0 Å². The van der Waals surface area contributed by atoms with Crippen LogP contribution in [-0.4, -0.2) is 32.8 Å². The average molecular weight is 320 g/mol. The van der Waals surface area contributed by atoms with Crippen LogP contribution in [0.25, 0.3) is 10.8 Å². The van der Waals surface area contributed by atoms with Crippen molar-refractivity contribution in [2.75, 3.05) is 13.1 Å². The van der Waals surface area contributed by atoms with E-state index in [0.717, 1.165) is 18.8 Å². The molecule has 0 saturated carbocycles. The van der Waals surface area contributed by atoms with E-state index >= 15 is 0 Å². The highest BCUT2D eigenvalue weighted by molar-refractivity contribution is 5.81. The van der Waals surface area contributed by atoms with Crippen LogP contribution in [0, 0.1) is 6.92 Å². The summed E-state index contributed by atoms with van der Waals surface area (Å²) in [7, 11) is 1.99. The summed E-state index contributed by atoms with van der Waals surface area (Å²) in [6.45, 7) is 5.34. The number of likely N-dealkylation sites (tertiary alicyclic amines) is 1. The summed E-state index contributed by atoms with van der Waals surface area (Å²) < 4.78 is 1.91. The highest BCUT2D eigenvalue weighted by atomic mass is 15.3. The molecule has 1 aliphatic rings. The molecule has 3 heterocycles. The normalized spacial score (nSPS) is 19.0. The van der Waals surface area contributed by atoms with E-state index in [1.54, 1.807) is 0 Å². The number of hydrogen-bond acceptors (Lipinski definition) is 3. The molecule has 0 spiro atoms. The standard InChI is InChI=1S/C20H24N4/c1-15-19(12-23(2)22-15)14-24-9-5-8-18(13-24)20-10-16-6-3-4-7-17(16)11-21-20/h3-4,6-7,10-12,18H,5,8-9,13-14H2,1-2H3. The Morgan fingerprint density at radius 2 is 2.04 bits per heavy atom. The van der Waals surface area contributed by atoms with E-state index < -0.39 is 0 Å². The maximum absolute atomic E-state index is 4.75. The second-order valence-corrected chi connectivity index (χ2v) is 6.94. The minimum atomic E-state index is 0.528. The van der Waals surface area contributed by atoms with Crippen LogP contribution in [0.15, 0.2) is 42.7 Å². The molecule has 0 N–H and O–H groups in total. The molecule has 1 saturated heterocycles. The van der Waals surface area contributed by atoms with Gasteiger partial charge in [-0.2, -0.15) is 5.10 Å². The largest absolute Gasteiger partial charge is 0.298 e. The van der Waals surface area contributed by atoms with Crippen LogP contribution in [0.2, 0.25) is 0 Å². The number of nitrogens with zero attached hydrogens (tertiary/aromatic N) is 4. The molecule has 1 fully saturated rings. The van der Waals surface area contributed by atoms with Crippen molar-refractivity contribution in [1.82, 2.24) is 19.7 Å². The summed E-state index contributed by atoms with van der Waals surface area (Å²) in [4.78, 5) is 7.30. The number of rotatable bonds is 3. The van der Waals surface area contributed by atoms with Gasteiger partial charge in [-0.15, -0.1) is 0 Å². The molecule has 24 heavy (non-hydrogen) atoms. The van der Waals surface area contributed by atoms with Crippen LogP contribution in [0.5, 0.6) is 0 Å². The first-order valence-electron chi connectivity index (χ1n) is 8.75. The minimum absolute atomic E-state index is 0.528. The minimum Gasteiger partial charge on any atom is -0.298 e. The second-order valence-electron chi connectivity index (χ2n) is 6.94. The van der Waals surface area contributed by atoms with Gasteiger partial charge in [-0.05, 0) is 37.8 Å². The maximum Gasteiger partial charge on any atom is 0.0638 e. The lowest BCUT2D eigenvalue weighted by molar-refractivity contribution is 0.198. The Bertz CT molecular complexity index is 852. The summed E-state index contributed by atoms with van der Waals surface area (Å²) in [6, 6.07) is 10.8. The van der Waals surface area contributed by atoms with Crippen molar-refractivity contribution in [3.05, 3.63) is 59.7 Å². The molecular weight excluding hydrogens is 296 g/mol. The Kier molecular flexibility index (Phi) is 4.07.